The third-order valence-electron chi connectivity index (χ3n) is 3.61. The molecule has 2 aromatic rings. The molecule has 19 heavy (non-hydrogen) atoms. The zero-order valence-corrected chi connectivity index (χ0v) is 11.1. The van der Waals surface area contributed by atoms with E-state index in [0.29, 0.717) is 0 Å². The summed E-state index contributed by atoms with van der Waals surface area (Å²) in [5.74, 6) is 0.110. The third kappa shape index (κ3) is 2.47. The number of benzene rings is 2. The molecule has 1 aliphatic heterocycles. The van der Waals surface area contributed by atoms with E-state index in [9.17, 15) is 4.79 Å². The number of ether oxygens (including phenoxy) is 1. The predicted molar refractivity (Wildman–Crippen MR) is 77.0 cm³/mol. The average molecular weight is 255 g/mol. The van der Waals surface area contributed by atoms with Crippen molar-refractivity contribution in [3.05, 3.63) is 42.0 Å². The lowest BCUT2D eigenvalue weighted by Crippen LogP contribution is -2.36. The Bertz CT molecular complexity index is 615. The minimum atomic E-state index is 0.110. The smallest absolute Gasteiger partial charge is 0.159 e. The highest BCUT2D eigenvalue weighted by atomic mass is 16.5. The molecule has 1 aliphatic rings. The Morgan fingerprint density at radius 1 is 1.05 bits per heavy atom. The number of fused-ring (bicyclic) bond motifs is 1. The fourth-order valence-electron chi connectivity index (χ4n) is 2.47. The molecule has 98 valence electrons. The van der Waals surface area contributed by atoms with Crippen LogP contribution in [0.15, 0.2) is 36.4 Å². The summed E-state index contributed by atoms with van der Waals surface area (Å²) in [6.07, 6.45) is 0. The SMILES string of the molecule is CC(=O)c1ccc2cc(N3CCOCC3)ccc2c1. The Morgan fingerprint density at radius 2 is 1.74 bits per heavy atom. The van der Waals surface area contributed by atoms with Crippen molar-refractivity contribution in [2.45, 2.75) is 6.92 Å². The Kier molecular flexibility index (Phi) is 3.22. The fraction of sp³-hybridized carbons (Fsp3) is 0.312. The maximum Gasteiger partial charge on any atom is 0.159 e. The summed E-state index contributed by atoms with van der Waals surface area (Å²) < 4.78 is 5.37. The van der Waals surface area contributed by atoms with Gasteiger partial charge in [0.05, 0.1) is 13.2 Å². The van der Waals surface area contributed by atoms with Gasteiger partial charge in [-0.15, -0.1) is 0 Å². The zero-order chi connectivity index (χ0) is 13.2. The normalized spacial score (nSPS) is 15.7. The second-order valence-corrected chi connectivity index (χ2v) is 4.90. The third-order valence-corrected chi connectivity index (χ3v) is 3.61. The molecular weight excluding hydrogens is 238 g/mol. The van der Waals surface area contributed by atoms with E-state index < -0.39 is 0 Å². The van der Waals surface area contributed by atoms with Gasteiger partial charge in [-0.25, -0.2) is 0 Å². The van der Waals surface area contributed by atoms with Gasteiger partial charge < -0.3 is 9.64 Å². The van der Waals surface area contributed by atoms with Gasteiger partial charge in [-0.1, -0.05) is 18.2 Å². The molecule has 0 spiro atoms. The van der Waals surface area contributed by atoms with Crippen LogP contribution in [0.5, 0.6) is 0 Å². The van der Waals surface area contributed by atoms with E-state index in [-0.39, 0.29) is 5.78 Å². The lowest BCUT2D eigenvalue weighted by Gasteiger charge is -2.29. The number of hydrogen-bond donors (Lipinski definition) is 0. The van der Waals surface area contributed by atoms with Crippen molar-refractivity contribution in [1.29, 1.82) is 0 Å². The van der Waals surface area contributed by atoms with Crippen molar-refractivity contribution in [2.24, 2.45) is 0 Å². The van der Waals surface area contributed by atoms with Crippen LogP contribution in [-0.4, -0.2) is 32.1 Å². The minimum absolute atomic E-state index is 0.110. The van der Waals surface area contributed by atoms with Gasteiger partial charge in [-0.05, 0) is 35.9 Å². The van der Waals surface area contributed by atoms with Crippen molar-refractivity contribution in [3.63, 3.8) is 0 Å². The first-order valence-electron chi connectivity index (χ1n) is 6.61. The number of morpholine rings is 1. The summed E-state index contributed by atoms with van der Waals surface area (Å²) in [6.45, 7) is 5.07. The van der Waals surface area contributed by atoms with Crippen LogP contribution < -0.4 is 4.90 Å². The molecule has 3 rings (SSSR count). The molecule has 0 aliphatic carbocycles. The van der Waals surface area contributed by atoms with Crippen molar-refractivity contribution in [2.75, 3.05) is 31.2 Å². The Morgan fingerprint density at radius 3 is 2.47 bits per heavy atom. The lowest BCUT2D eigenvalue weighted by molar-refractivity contribution is 0.101. The summed E-state index contributed by atoms with van der Waals surface area (Å²) >= 11 is 0. The largest absolute Gasteiger partial charge is 0.378 e. The summed E-state index contributed by atoms with van der Waals surface area (Å²) in [7, 11) is 0. The predicted octanol–water partition coefficient (Wildman–Crippen LogP) is 2.88. The van der Waals surface area contributed by atoms with Gasteiger partial charge in [0.1, 0.15) is 0 Å². The van der Waals surface area contributed by atoms with Crippen LogP contribution in [0.25, 0.3) is 10.8 Å². The summed E-state index contributed by atoms with van der Waals surface area (Å²) in [5, 5.41) is 2.29. The highest BCUT2D eigenvalue weighted by Gasteiger charge is 2.11. The molecule has 0 amide bonds. The molecule has 0 bridgehead atoms. The van der Waals surface area contributed by atoms with Crippen LogP contribution >= 0.6 is 0 Å². The molecule has 0 unspecified atom stereocenters. The molecule has 1 fully saturated rings. The van der Waals surface area contributed by atoms with Crippen molar-refractivity contribution in [1.82, 2.24) is 0 Å². The van der Waals surface area contributed by atoms with E-state index in [0.717, 1.165) is 37.3 Å². The fourth-order valence-corrected chi connectivity index (χ4v) is 2.47. The highest BCUT2D eigenvalue weighted by molar-refractivity contribution is 5.99. The van der Waals surface area contributed by atoms with Crippen LogP contribution in [0.1, 0.15) is 17.3 Å². The molecule has 1 heterocycles. The van der Waals surface area contributed by atoms with Gasteiger partial charge in [0.2, 0.25) is 0 Å². The highest BCUT2D eigenvalue weighted by Crippen LogP contribution is 2.24. The topological polar surface area (TPSA) is 29.5 Å². The quantitative estimate of drug-likeness (QED) is 0.773. The average Bonchev–Trinajstić information content (AvgIpc) is 2.47. The molecule has 0 atom stereocenters. The van der Waals surface area contributed by atoms with Crippen molar-refractivity contribution in [3.8, 4) is 0 Å². The Labute approximate surface area is 112 Å². The summed E-state index contributed by atoms with van der Waals surface area (Å²) in [6, 6.07) is 12.3. The summed E-state index contributed by atoms with van der Waals surface area (Å²) in [5.41, 5.74) is 2.00. The van der Waals surface area contributed by atoms with Crippen LogP contribution in [0.4, 0.5) is 5.69 Å². The number of hydrogen-bond acceptors (Lipinski definition) is 3. The Balaban J connectivity index is 1.97. The Hall–Kier alpha value is -1.87. The van der Waals surface area contributed by atoms with Gasteiger partial charge in [0.15, 0.2) is 5.78 Å². The molecule has 3 heteroatoms. The second kappa shape index (κ2) is 5.02. The first kappa shape index (κ1) is 12.2. The van der Waals surface area contributed by atoms with Gasteiger partial charge >= 0.3 is 0 Å². The van der Waals surface area contributed by atoms with Crippen LogP contribution in [-0.2, 0) is 4.74 Å². The number of Topliss-reactive ketones (excluding diaryl/α,β-unsaturated/α-hetero) is 1. The molecule has 1 saturated heterocycles. The molecule has 0 aromatic heterocycles. The maximum absolute atomic E-state index is 11.4. The van der Waals surface area contributed by atoms with Gasteiger partial charge in [0, 0.05) is 24.3 Å². The number of ketones is 1. The number of anilines is 1. The zero-order valence-electron chi connectivity index (χ0n) is 11.1. The number of nitrogens with zero attached hydrogens (tertiary/aromatic N) is 1. The molecule has 0 saturated carbocycles. The van der Waals surface area contributed by atoms with Gasteiger partial charge in [-0.3, -0.25) is 4.79 Å². The van der Waals surface area contributed by atoms with Crippen molar-refractivity contribution < 1.29 is 9.53 Å². The molecule has 0 radical (unpaired) electrons. The number of rotatable bonds is 2. The van der Waals surface area contributed by atoms with E-state index in [4.69, 9.17) is 4.74 Å². The first-order valence-corrected chi connectivity index (χ1v) is 6.61. The van der Waals surface area contributed by atoms with Crippen molar-refractivity contribution >= 4 is 22.2 Å². The molecule has 0 N–H and O–H groups in total. The number of carbonyl (C=O) groups excluding carboxylic acids is 1. The molecular formula is C16H17NO2. The van der Waals surface area contributed by atoms with Crippen LogP contribution in [0.3, 0.4) is 0 Å². The molecule has 3 nitrogen and oxygen atoms in total. The van der Waals surface area contributed by atoms with E-state index in [1.807, 2.05) is 18.2 Å². The van der Waals surface area contributed by atoms with E-state index >= 15 is 0 Å². The van der Waals surface area contributed by atoms with Gasteiger partial charge in [0.25, 0.3) is 0 Å². The molecule has 2 aromatic carbocycles. The van der Waals surface area contributed by atoms with Gasteiger partial charge in [-0.2, -0.15) is 0 Å². The minimum Gasteiger partial charge on any atom is -0.378 e. The van der Waals surface area contributed by atoms with E-state index in [1.54, 1.807) is 6.92 Å². The van der Waals surface area contributed by atoms with Crippen LogP contribution in [0, 0.1) is 0 Å². The van der Waals surface area contributed by atoms with Crippen LogP contribution in [0.2, 0.25) is 0 Å². The lowest BCUT2D eigenvalue weighted by atomic mass is 10.0. The standard InChI is InChI=1S/C16H17NO2/c1-12(18)13-2-3-15-11-16(5-4-14(15)10-13)17-6-8-19-9-7-17/h2-5,10-11H,6-9H2,1H3. The van der Waals surface area contributed by atoms with E-state index in [2.05, 4.69) is 23.1 Å². The summed E-state index contributed by atoms with van der Waals surface area (Å²) in [4.78, 5) is 13.7. The number of carbonyl (C=O) groups is 1. The monoisotopic (exact) mass is 255 g/mol. The van der Waals surface area contributed by atoms with E-state index in [1.165, 1.54) is 11.1 Å². The second-order valence-electron chi connectivity index (χ2n) is 4.90. The first-order chi connectivity index (χ1) is 9.24. The maximum atomic E-state index is 11.4.